The van der Waals surface area contributed by atoms with Crippen molar-refractivity contribution in [3.8, 4) is 0 Å². The molecule has 0 aromatic carbocycles. The molecular formula is C13H23N3O4S. The fourth-order valence-electron chi connectivity index (χ4n) is 2.35. The highest BCUT2D eigenvalue weighted by Gasteiger charge is 2.42. The number of carboxylic acid groups (broad SMARTS) is 1. The number of nitrogens with zero attached hydrogens (tertiary/aromatic N) is 1. The van der Waals surface area contributed by atoms with E-state index in [0.717, 1.165) is 0 Å². The van der Waals surface area contributed by atoms with Crippen molar-refractivity contribution >= 4 is 29.7 Å². The molecule has 1 aliphatic rings. The highest BCUT2D eigenvalue weighted by Crippen LogP contribution is 2.30. The lowest BCUT2D eigenvalue weighted by Gasteiger charge is -2.24. The largest absolute Gasteiger partial charge is 0.480 e. The van der Waals surface area contributed by atoms with E-state index < -0.39 is 23.5 Å². The summed E-state index contributed by atoms with van der Waals surface area (Å²) in [7, 11) is 1.57. The number of nitrogens with one attached hydrogen (secondary N) is 2. The Bertz CT molecular complexity index is 418. The first-order chi connectivity index (χ1) is 9.84. The SMILES string of the molecule is CNC(=O)C1(C)CCN(C(=O)N[C@@H](CCSC)C(=O)O)C1. The van der Waals surface area contributed by atoms with E-state index in [1.54, 1.807) is 7.05 Å². The van der Waals surface area contributed by atoms with Gasteiger partial charge in [-0.15, -0.1) is 0 Å². The average Bonchev–Trinajstić information content (AvgIpc) is 2.85. The van der Waals surface area contributed by atoms with Crippen LogP contribution in [-0.4, -0.2) is 66.1 Å². The normalized spacial score (nSPS) is 22.7. The standard InChI is InChI=1S/C13H23N3O4S/c1-13(11(19)14-2)5-6-16(8-13)12(20)15-9(10(17)18)4-7-21-3/h9H,4-8H2,1-3H3,(H,14,19)(H,15,20)(H,17,18)/t9-,13?/m0/s1. The fraction of sp³-hybridized carbons (Fsp3) is 0.769. The van der Waals surface area contributed by atoms with Gasteiger partial charge in [-0.3, -0.25) is 4.79 Å². The van der Waals surface area contributed by atoms with E-state index in [2.05, 4.69) is 10.6 Å². The number of thioether (sulfide) groups is 1. The molecule has 0 aliphatic carbocycles. The molecule has 7 nitrogen and oxygen atoms in total. The van der Waals surface area contributed by atoms with Crippen molar-refractivity contribution in [3.63, 3.8) is 0 Å². The predicted molar refractivity (Wildman–Crippen MR) is 81.3 cm³/mol. The van der Waals surface area contributed by atoms with Crippen LogP contribution in [-0.2, 0) is 9.59 Å². The second-order valence-electron chi connectivity index (χ2n) is 5.43. The Morgan fingerprint density at radius 1 is 1.43 bits per heavy atom. The second-order valence-corrected chi connectivity index (χ2v) is 6.42. The lowest BCUT2D eigenvalue weighted by molar-refractivity contribution is -0.139. The highest BCUT2D eigenvalue weighted by molar-refractivity contribution is 7.98. The number of hydrogen-bond acceptors (Lipinski definition) is 4. The van der Waals surface area contributed by atoms with Gasteiger partial charge in [-0.25, -0.2) is 9.59 Å². The first-order valence-electron chi connectivity index (χ1n) is 6.83. The number of hydrogen-bond donors (Lipinski definition) is 3. The smallest absolute Gasteiger partial charge is 0.326 e. The molecule has 8 heteroatoms. The summed E-state index contributed by atoms with van der Waals surface area (Å²) < 4.78 is 0. The summed E-state index contributed by atoms with van der Waals surface area (Å²) in [5.74, 6) is -0.478. The third kappa shape index (κ3) is 4.52. The van der Waals surface area contributed by atoms with Crippen molar-refractivity contribution in [1.29, 1.82) is 0 Å². The summed E-state index contributed by atoms with van der Waals surface area (Å²) in [6.07, 6.45) is 2.83. The molecular weight excluding hydrogens is 294 g/mol. The Kier molecular flexibility index (Phi) is 6.32. The molecule has 0 aromatic rings. The van der Waals surface area contributed by atoms with Gasteiger partial charge < -0.3 is 20.6 Å². The minimum Gasteiger partial charge on any atom is -0.480 e. The van der Waals surface area contributed by atoms with Gasteiger partial charge >= 0.3 is 12.0 Å². The van der Waals surface area contributed by atoms with Crippen LogP contribution in [0.15, 0.2) is 0 Å². The number of carbonyl (C=O) groups is 3. The summed E-state index contributed by atoms with van der Waals surface area (Å²) in [5.41, 5.74) is -0.607. The topological polar surface area (TPSA) is 98.7 Å². The van der Waals surface area contributed by atoms with Crippen molar-refractivity contribution in [3.05, 3.63) is 0 Å². The predicted octanol–water partition coefficient (Wildman–Crippen LogP) is 0.360. The molecule has 2 atom stereocenters. The Labute approximate surface area is 128 Å². The van der Waals surface area contributed by atoms with Gasteiger partial charge in [0.1, 0.15) is 6.04 Å². The summed E-state index contributed by atoms with van der Waals surface area (Å²) >= 11 is 1.53. The fourth-order valence-corrected chi connectivity index (χ4v) is 2.83. The Morgan fingerprint density at radius 3 is 2.62 bits per heavy atom. The van der Waals surface area contributed by atoms with Crippen LogP contribution >= 0.6 is 11.8 Å². The number of amides is 3. The number of rotatable bonds is 6. The van der Waals surface area contributed by atoms with Gasteiger partial charge in [0.2, 0.25) is 5.91 Å². The third-order valence-corrected chi connectivity index (χ3v) is 4.39. The molecule has 0 saturated carbocycles. The van der Waals surface area contributed by atoms with Crippen LogP contribution in [0.4, 0.5) is 4.79 Å². The van der Waals surface area contributed by atoms with Crippen LogP contribution in [0.1, 0.15) is 19.8 Å². The molecule has 0 aromatic heterocycles. The van der Waals surface area contributed by atoms with E-state index in [4.69, 9.17) is 5.11 Å². The van der Waals surface area contributed by atoms with Gasteiger partial charge in [0, 0.05) is 20.1 Å². The summed E-state index contributed by atoms with van der Waals surface area (Å²) in [5, 5.41) is 14.2. The summed E-state index contributed by atoms with van der Waals surface area (Å²) in [6, 6.07) is -1.31. The van der Waals surface area contributed by atoms with Gasteiger partial charge in [0.05, 0.1) is 5.41 Å². The average molecular weight is 317 g/mol. The maximum atomic E-state index is 12.1. The van der Waals surface area contributed by atoms with E-state index in [0.29, 0.717) is 31.7 Å². The lowest BCUT2D eigenvalue weighted by atomic mass is 9.89. The molecule has 0 spiro atoms. The number of likely N-dealkylation sites (tertiary alicyclic amines) is 1. The molecule has 21 heavy (non-hydrogen) atoms. The molecule has 0 radical (unpaired) electrons. The maximum absolute atomic E-state index is 12.1. The van der Waals surface area contributed by atoms with Gasteiger partial charge in [-0.2, -0.15) is 11.8 Å². The number of carboxylic acids is 1. The molecule has 120 valence electrons. The van der Waals surface area contributed by atoms with Crippen LogP contribution < -0.4 is 10.6 Å². The van der Waals surface area contributed by atoms with Crippen LogP contribution in [0.3, 0.4) is 0 Å². The van der Waals surface area contributed by atoms with Gasteiger partial charge in [-0.05, 0) is 31.8 Å². The van der Waals surface area contributed by atoms with Crippen LogP contribution in [0.5, 0.6) is 0 Å². The summed E-state index contributed by atoms with van der Waals surface area (Å²) in [6.45, 7) is 2.56. The highest BCUT2D eigenvalue weighted by atomic mass is 32.2. The molecule has 1 aliphatic heterocycles. The molecule has 1 saturated heterocycles. The zero-order valence-electron chi connectivity index (χ0n) is 12.6. The van der Waals surface area contributed by atoms with Crippen LogP contribution in [0.2, 0.25) is 0 Å². The first kappa shape index (κ1) is 17.6. The van der Waals surface area contributed by atoms with Crippen molar-refractivity contribution in [2.75, 3.05) is 32.1 Å². The van der Waals surface area contributed by atoms with E-state index in [9.17, 15) is 14.4 Å². The molecule has 1 unspecified atom stereocenters. The summed E-state index contributed by atoms with van der Waals surface area (Å²) in [4.78, 5) is 36.6. The molecule has 1 heterocycles. The molecule has 0 bridgehead atoms. The number of aliphatic carboxylic acids is 1. The first-order valence-corrected chi connectivity index (χ1v) is 8.23. The zero-order valence-corrected chi connectivity index (χ0v) is 13.5. The maximum Gasteiger partial charge on any atom is 0.326 e. The van der Waals surface area contributed by atoms with Crippen molar-refractivity contribution < 1.29 is 19.5 Å². The van der Waals surface area contributed by atoms with Crippen LogP contribution in [0, 0.1) is 5.41 Å². The van der Waals surface area contributed by atoms with Gasteiger partial charge in [0.15, 0.2) is 0 Å². The Hall–Kier alpha value is -1.44. The van der Waals surface area contributed by atoms with E-state index in [1.807, 2.05) is 13.2 Å². The molecule has 3 amide bonds. The molecule has 1 rings (SSSR count). The lowest BCUT2D eigenvalue weighted by Crippen LogP contribution is -2.48. The van der Waals surface area contributed by atoms with Crippen molar-refractivity contribution in [2.24, 2.45) is 5.41 Å². The van der Waals surface area contributed by atoms with Crippen molar-refractivity contribution in [1.82, 2.24) is 15.5 Å². The monoisotopic (exact) mass is 317 g/mol. The van der Waals surface area contributed by atoms with E-state index in [1.165, 1.54) is 16.7 Å². The van der Waals surface area contributed by atoms with Crippen LogP contribution in [0.25, 0.3) is 0 Å². The quantitative estimate of drug-likeness (QED) is 0.657. The number of carbonyl (C=O) groups excluding carboxylic acids is 2. The van der Waals surface area contributed by atoms with Crippen molar-refractivity contribution in [2.45, 2.75) is 25.8 Å². The van der Waals surface area contributed by atoms with E-state index >= 15 is 0 Å². The zero-order chi connectivity index (χ0) is 16.0. The Morgan fingerprint density at radius 2 is 2.10 bits per heavy atom. The third-order valence-electron chi connectivity index (χ3n) is 3.74. The van der Waals surface area contributed by atoms with E-state index in [-0.39, 0.29) is 5.91 Å². The minimum atomic E-state index is -1.04. The number of urea groups is 1. The van der Waals surface area contributed by atoms with Gasteiger partial charge in [-0.1, -0.05) is 0 Å². The minimum absolute atomic E-state index is 0.102. The molecule has 1 fully saturated rings. The van der Waals surface area contributed by atoms with Gasteiger partial charge in [0.25, 0.3) is 0 Å². The second kappa shape index (κ2) is 7.53. The Balaban J connectivity index is 2.60. The molecule has 3 N–H and O–H groups in total.